The van der Waals surface area contributed by atoms with Gasteiger partial charge in [-0.05, 0) is 66.8 Å². The molecule has 6 nitrogen and oxygen atoms in total. The van der Waals surface area contributed by atoms with Crippen LogP contribution in [-0.2, 0) is 6.42 Å². The average Bonchev–Trinajstić information content (AvgIpc) is 2.73. The minimum absolute atomic E-state index is 0.375. The van der Waals surface area contributed by atoms with Gasteiger partial charge >= 0.3 is 0 Å². The highest BCUT2D eigenvalue weighted by Crippen LogP contribution is 2.42. The van der Waals surface area contributed by atoms with Crippen LogP contribution < -0.4 is 20.5 Å². The highest BCUT2D eigenvalue weighted by Gasteiger charge is 2.34. The van der Waals surface area contributed by atoms with Crippen LogP contribution in [0.2, 0.25) is 0 Å². The van der Waals surface area contributed by atoms with Crippen molar-refractivity contribution in [1.82, 2.24) is 4.90 Å². The van der Waals surface area contributed by atoms with E-state index in [0.29, 0.717) is 17.6 Å². The van der Waals surface area contributed by atoms with Crippen molar-refractivity contribution in [3.8, 4) is 11.5 Å². The van der Waals surface area contributed by atoms with Crippen LogP contribution in [0.15, 0.2) is 36.4 Å². The van der Waals surface area contributed by atoms with Crippen LogP contribution in [-0.4, -0.2) is 44.2 Å². The standard InChI is InChI=1S/C22H27N3O3/c1-27-20-11-15-7-9-25-10-8-17(12-19(25)18(15)13-21(20)28-2)24-16-5-3-14(4-6-16)22(23)26/h3-6,11,13,17,19,24H,7-10,12H2,1-2H3,(H2,23,26). The Morgan fingerprint density at radius 2 is 1.82 bits per heavy atom. The maximum absolute atomic E-state index is 11.3. The van der Waals surface area contributed by atoms with E-state index in [2.05, 4.69) is 22.3 Å². The Balaban J connectivity index is 1.53. The van der Waals surface area contributed by atoms with Crippen LogP contribution in [0.1, 0.15) is 40.4 Å². The Morgan fingerprint density at radius 1 is 1.11 bits per heavy atom. The maximum Gasteiger partial charge on any atom is 0.248 e. The molecule has 4 rings (SSSR count). The molecule has 2 aliphatic rings. The van der Waals surface area contributed by atoms with E-state index in [-0.39, 0.29) is 0 Å². The third kappa shape index (κ3) is 3.52. The second-order valence-corrected chi connectivity index (χ2v) is 7.52. The largest absolute Gasteiger partial charge is 0.493 e. The number of hydrogen-bond donors (Lipinski definition) is 2. The number of fused-ring (bicyclic) bond motifs is 3. The zero-order valence-electron chi connectivity index (χ0n) is 16.4. The van der Waals surface area contributed by atoms with E-state index < -0.39 is 5.91 Å². The first kappa shape index (κ1) is 18.6. The normalized spacial score (nSPS) is 21.4. The Labute approximate surface area is 165 Å². The summed E-state index contributed by atoms with van der Waals surface area (Å²) in [6.07, 6.45) is 3.16. The zero-order chi connectivity index (χ0) is 19.7. The molecule has 2 aromatic carbocycles. The van der Waals surface area contributed by atoms with E-state index in [0.717, 1.165) is 49.5 Å². The lowest BCUT2D eigenvalue weighted by atomic mass is 9.84. The molecule has 28 heavy (non-hydrogen) atoms. The smallest absolute Gasteiger partial charge is 0.248 e. The van der Waals surface area contributed by atoms with Crippen molar-refractivity contribution in [1.29, 1.82) is 0 Å². The van der Waals surface area contributed by atoms with E-state index in [1.165, 1.54) is 11.1 Å². The van der Waals surface area contributed by atoms with Crippen LogP contribution in [0.25, 0.3) is 0 Å². The minimum atomic E-state index is -0.400. The number of nitrogens with one attached hydrogen (secondary N) is 1. The van der Waals surface area contributed by atoms with Crippen LogP contribution in [0.3, 0.4) is 0 Å². The molecule has 1 saturated heterocycles. The number of ether oxygens (including phenoxy) is 2. The average molecular weight is 381 g/mol. The predicted octanol–water partition coefficient (Wildman–Crippen LogP) is 2.98. The van der Waals surface area contributed by atoms with Gasteiger partial charge in [-0.15, -0.1) is 0 Å². The molecule has 2 unspecified atom stereocenters. The summed E-state index contributed by atoms with van der Waals surface area (Å²) in [6.45, 7) is 2.14. The van der Waals surface area contributed by atoms with Gasteiger partial charge in [0.25, 0.3) is 0 Å². The second-order valence-electron chi connectivity index (χ2n) is 7.52. The zero-order valence-corrected chi connectivity index (χ0v) is 16.4. The SMILES string of the molecule is COc1cc2c(cc1OC)C1CC(Nc3ccc(C(N)=O)cc3)CCN1CC2. The van der Waals surface area contributed by atoms with E-state index >= 15 is 0 Å². The van der Waals surface area contributed by atoms with Crippen molar-refractivity contribution < 1.29 is 14.3 Å². The quantitative estimate of drug-likeness (QED) is 0.833. The maximum atomic E-state index is 11.3. The van der Waals surface area contributed by atoms with Gasteiger partial charge in [-0.3, -0.25) is 9.69 Å². The van der Waals surface area contributed by atoms with Crippen molar-refractivity contribution >= 4 is 11.6 Å². The van der Waals surface area contributed by atoms with Gasteiger partial charge in [0.1, 0.15) is 0 Å². The summed E-state index contributed by atoms with van der Waals surface area (Å²) in [7, 11) is 3.37. The van der Waals surface area contributed by atoms with E-state index in [1.807, 2.05) is 12.1 Å². The predicted molar refractivity (Wildman–Crippen MR) is 109 cm³/mol. The van der Waals surface area contributed by atoms with Gasteiger partial charge in [0.2, 0.25) is 5.91 Å². The summed E-state index contributed by atoms with van der Waals surface area (Å²) in [5, 5.41) is 3.63. The van der Waals surface area contributed by atoms with Gasteiger partial charge in [-0.1, -0.05) is 0 Å². The second kappa shape index (κ2) is 7.72. The van der Waals surface area contributed by atoms with Crippen molar-refractivity contribution in [3.63, 3.8) is 0 Å². The van der Waals surface area contributed by atoms with Crippen LogP contribution in [0.4, 0.5) is 5.69 Å². The number of carbonyl (C=O) groups excluding carboxylic acids is 1. The fourth-order valence-corrected chi connectivity index (χ4v) is 4.43. The third-order valence-electron chi connectivity index (χ3n) is 5.93. The number of amides is 1. The van der Waals surface area contributed by atoms with Gasteiger partial charge in [0.05, 0.1) is 14.2 Å². The number of carbonyl (C=O) groups is 1. The monoisotopic (exact) mass is 381 g/mol. The molecule has 0 aromatic heterocycles. The Bertz CT molecular complexity index is 866. The molecule has 2 aromatic rings. The fourth-order valence-electron chi connectivity index (χ4n) is 4.43. The molecule has 6 heteroatoms. The van der Waals surface area contributed by atoms with Crippen LogP contribution in [0, 0.1) is 0 Å². The van der Waals surface area contributed by atoms with E-state index in [9.17, 15) is 4.79 Å². The molecule has 0 aliphatic carbocycles. The molecule has 1 amide bonds. The number of piperidine rings is 1. The summed E-state index contributed by atoms with van der Waals surface area (Å²) < 4.78 is 11.0. The molecule has 2 heterocycles. The van der Waals surface area contributed by atoms with Crippen molar-refractivity contribution in [2.45, 2.75) is 31.3 Å². The number of methoxy groups -OCH3 is 2. The van der Waals surface area contributed by atoms with E-state index in [4.69, 9.17) is 15.2 Å². The van der Waals surface area contributed by atoms with Crippen LogP contribution >= 0.6 is 0 Å². The number of nitrogens with two attached hydrogens (primary N) is 1. The van der Waals surface area contributed by atoms with Gasteiger partial charge in [0, 0.05) is 36.4 Å². The van der Waals surface area contributed by atoms with Gasteiger partial charge < -0.3 is 20.5 Å². The minimum Gasteiger partial charge on any atom is -0.493 e. The fraction of sp³-hybridized carbons (Fsp3) is 0.409. The molecule has 2 aliphatic heterocycles. The first-order valence-corrected chi connectivity index (χ1v) is 9.74. The molecular weight excluding hydrogens is 354 g/mol. The number of hydrogen-bond acceptors (Lipinski definition) is 5. The number of benzene rings is 2. The van der Waals surface area contributed by atoms with Gasteiger partial charge in [-0.25, -0.2) is 0 Å². The molecule has 148 valence electrons. The summed E-state index contributed by atoms with van der Waals surface area (Å²) in [5.74, 6) is 1.19. The van der Waals surface area contributed by atoms with Gasteiger partial charge in [0.15, 0.2) is 11.5 Å². The molecule has 0 spiro atoms. The summed E-state index contributed by atoms with van der Waals surface area (Å²) >= 11 is 0. The number of rotatable bonds is 5. The number of anilines is 1. The number of nitrogens with zero attached hydrogens (tertiary/aromatic N) is 1. The summed E-state index contributed by atoms with van der Waals surface area (Å²) in [6, 6.07) is 12.4. The molecule has 0 saturated carbocycles. The highest BCUT2D eigenvalue weighted by molar-refractivity contribution is 5.93. The lowest BCUT2D eigenvalue weighted by molar-refractivity contribution is 0.100. The molecule has 3 N–H and O–H groups in total. The topological polar surface area (TPSA) is 76.8 Å². The Kier molecular flexibility index (Phi) is 5.13. The first-order valence-electron chi connectivity index (χ1n) is 9.74. The molecular formula is C22H27N3O3. The number of primary amides is 1. The van der Waals surface area contributed by atoms with Gasteiger partial charge in [-0.2, -0.15) is 0 Å². The third-order valence-corrected chi connectivity index (χ3v) is 5.93. The summed E-state index contributed by atoms with van der Waals surface area (Å²) in [4.78, 5) is 13.8. The van der Waals surface area contributed by atoms with Crippen LogP contribution in [0.5, 0.6) is 11.5 Å². The first-order chi connectivity index (χ1) is 13.6. The lowest BCUT2D eigenvalue weighted by Gasteiger charge is -2.44. The van der Waals surface area contributed by atoms with Crippen molar-refractivity contribution in [3.05, 3.63) is 53.1 Å². The summed E-state index contributed by atoms with van der Waals surface area (Å²) in [5.41, 5.74) is 9.58. The van der Waals surface area contributed by atoms with E-state index in [1.54, 1.807) is 26.4 Å². The molecule has 0 bridgehead atoms. The Morgan fingerprint density at radius 3 is 2.50 bits per heavy atom. The molecule has 0 radical (unpaired) electrons. The van der Waals surface area contributed by atoms with Crippen molar-refractivity contribution in [2.75, 3.05) is 32.6 Å². The highest BCUT2D eigenvalue weighted by atomic mass is 16.5. The Hall–Kier alpha value is -2.73. The molecule has 1 fully saturated rings. The molecule has 2 atom stereocenters. The lowest BCUT2D eigenvalue weighted by Crippen LogP contribution is -2.44. The van der Waals surface area contributed by atoms with Crippen molar-refractivity contribution in [2.24, 2.45) is 5.73 Å².